The Balaban J connectivity index is 2.03. The first-order chi connectivity index (χ1) is 9.22. The van der Waals surface area contributed by atoms with Crippen molar-refractivity contribution in [3.63, 3.8) is 0 Å². The first-order valence-corrected chi connectivity index (χ1v) is 7.19. The number of hydrogen-bond acceptors (Lipinski definition) is 2. The molecule has 3 nitrogen and oxygen atoms in total. The number of aliphatic hydroxyl groups excluding tert-OH is 1. The third-order valence-corrected chi connectivity index (χ3v) is 4.06. The maximum Gasteiger partial charge on any atom is 0.229 e. The van der Waals surface area contributed by atoms with Crippen LogP contribution in [0.2, 0.25) is 0 Å². The van der Waals surface area contributed by atoms with Gasteiger partial charge >= 0.3 is 0 Å². The van der Waals surface area contributed by atoms with Crippen LogP contribution in [-0.2, 0) is 4.79 Å². The van der Waals surface area contributed by atoms with Gasteiger partial charge in [0.05, 0.1) is 13.0 Å². The zero-order chi connectivity index (χ0) is 13.7. The molecule has 1 aliphatic rings. The zero-order valence-electron chi connectivity index (χ0n) is 11.6. The smallest absolute Gasteiger partial charge is 0.229 e. The lowest BCUT2D eigenvalue weighted by atomic mass is 9.84. The number of benzene rings is 1. The third kappa shape index (κ3) is 3.57. The molecule has 1 saturated carbocycles. The van der Waals surface area contributed by atoms with Crippen molar-refractivity contribution < 1.29 is 9.90 Å². The summed E-state index contributed by atoms with van der Waals surface area (Å²) in [5, 5.41) is 8.80. The summed E-state index contributed by atoms with van der Waals surface area (Å²) in [6.07, 6.45) is 6.80. The molecule has 1 N–H and O–H groups in total. The molecule has 1 amide bonds. The molecule has 0 unspecified atom stereocenters. The van der Waals surface area contributed by atoms with E-state index in [1.54, 1.807) is 11.9 Å². The summed E-state index contributed by atoms with van der Waals surface area (Å²) in [7, 11) is 1.76. The maximum absolute atomic E-state index is 11.7. The fourth-order valence-electron chi connectivity index (χ4n) is 2.81. The Hall–Kier alpha value is -1.35. The highest BCUT2D eigenvalue weighted by Crippen LogP contribution is 2.33. The second kappa shape index (κ2) is 6.71. The maximum atomic E-state index is 11.7. The number of anilines is 1. The lowest BCUT2D eigenvalue weighted by Crippen LogP contribution is -2.26. The molecule has 0 heterocycles. The number of aliphatic hydroxyl groups is 1. The third-order valence-electron chi connectivity index (χ3n) is 4.06. The van der Waals surface area contributed by atoms with Gasteiger partial charge in [0.15, 0.2) is 0 Å². The van der Waals surface area contributed by atoms with Crippen molar-refractivity contribution in [2.45, 2.75) is 44.4 Å². The number of hydrogen-bond donors (Lipinski definition) is 1. The van der Waals surface area contributed by atoms with Gasteiger partial charge in [-0.15, -0.1) is 0 Å². The van der Waals surface area contributed by atoms with Gasteiger partial charge in [0.25, 0.3) is 0 Å². The van der Waals surface area contributed by atoms with Crippen LogP contribution in [0.1, 0.15) is 50.0 Å². The molecule has 0 radical (unpaired) electrons. The first-order valence-electron chi connectivity index (χ1n) is 7.19. The van der Waals surface area contributed by atoms with Crippen LogP contribution in [-0.4, -0.2) is 24.7 Å². The lowest BCUT2D eigenvalue weighted by molar-refractivity contribution is -0.118. The minimum Gasteiger partial charge on any atom is -0.396 e. The second-order valence-electron chi connectivity index (χ2n) is 5.35. The molecule has 1 aromatic rings. The summed E-state index contributed by atoms with van der Waals surface area (Å²) in [5.41, 5.74) is 2.30. The summed E-state index contributed by atoms with van der Waals surface area (Å²) in [4.78, 5) is 13.3. The second-order valence-corrected chi connectivity index (χ2v) is 5.35. The highest BCUT2D eigenvalue weighted by atomic mass is 16.3. The summed E-state index contributed by atoms with van der Waals surface area (Å²) in [6.45, 7) is -0.0939. The molecule has 1 fully saturated rings. The molecule has 2 rings (SSSR count). The molecular weight excluding hydrogens is 238 g/mol. The average Bonchev–Trinajstić information content (AvgIpc) is 2.48. The molecule has 19 heavy (non-hydrogen) atoms. The number of rotatable bonds is 4. The molecule has 0 spiro atoms. The summed E-state index contributed by atoms with van der Waals surface area (Å²) >= 11 is 0. The Morgan fingerprint density at radius 1 is 1.21 bits per heavy atom. The monoisotopic (exact) mass is 261 g/mol. The quantitative estimate of drug-likeness (QED) is 0.905. The van der Waals surface area contributed by atoms with Gasteiger partial charge in [-0.05, 0) is 36.5 Å². The largest absolute Gasteiger partial charge is 0.396 e. The Kier molecular flexibility index (Phi) is 4.97. The minimum atomic E-state index is -0.0939. The van der Waals surface area contributed by atoms with E-state index in [0.717, 1.165) is 5.69 Å². The van der Waals surface area contributed by atoms with Gasteiger partial charge in [-0.2, -0.15) is 0 Å². The van der Waals surface area contributed by atoms with E-state index >= 15 is 0 Å². The molecule has 0 aromatic heterocycles. The van der Waals surface area contributed by atoms with Gasteiger partial charge in [0.2, 0.25) is 5.91 Å². The number of carbonyl (C=O) groups excluding carboxylic acids is 1. The zero-order valence-corrected chi connectivity index (χ0v) is 11.6. The van der Waals surface area contributed by atoms with Crippen molar-refractivity contribution in [3.8, 4) is 0 Å². The van der Waals surface area contributed by atoms with Crippen LogP contribution in [0.4, 0.5) is 5.69 Å². The minimum absolute atomic E-state index is 0.0482. The lowest BCUT2D eigenvalue weighted by Gasteiger charge is -2.23. The molecule has 0 aliphatic heterocycles. The van der Waals surface area contributed by atoms with E-state index in [0.29, 0.717) is 5.92 Å². The average molecular weight is 261 g/mol. The number of nitrogens with zero attached hydrogens (tertiary/aromatic N) is 1. The normalized spacial score (nSPS) is 16.3. The molecule has 0 atom stereocenters. The van der Waals surface area contributed by atoms with Crippen molar-refractivity contribution in [1.29, 1.82) is 0 Å². The molecule has 0 bridgehead atoms. The van der Waals surface area contributed by atoms with Gasteiger partial charge in [0, 0.05) is 12.7 Å². The molecule has 3 heteroatoms. The first kappa shape index (κ1) is 14.1. The molecule has 0 saturated heterocycles. The van der Waals surface area contributed by atoms with Gasteiger partial charge in [-0.25, -0.2) is 0 Å². The summed E-state index contributed by atoms with van der Waals surface area (Å²) in [6, 6.07) is 8.32. The summed E-state index contributed by atoms with van der Waals surface area (Å²) in [5.74, 6) is 0.647. The van der Waals surface area contributed by atoms with E-state index in [4.69, 9.17) is 5.11 Å². The van der Waals surface area contributed by atoms with E-state index in [-0.39, 0.29) is 18.9 Å². The Bertz CT molecular complexity index is 407. The van der Waals surface area contributed by atoms with Crippen molar-refractivity contribution in [2.24, 2.45) is 0 Å². The van der Waals surface area contributed by atoms with E-state index in [9.17, 15) is 4.79 Å². The SMILES string of the molecule is CN(C(=O)CCO)c1ccc(C2CCCCC2)cc1. The van der Waals surface area contributed by atoms with Crippen LogP contribution in [0, 0.1) is 0 Å². The molecule has 104 valence electrons. The van der Waals surface area contributed by atoms with Crippen molar-refractivity contribution >= 4 is 11.6 Å². The van der Waals surface area contributed by atoms with Crippen LogP contribution in [0.5, 0.6) is 0 Å². The van der Waals surface area contributed by atoms with Crippen LogP contribution >= 0.6 is 0 Å². The Morgan fingerprint density at radius 3 is 2.42 bits per heavy atom. The topological polar surface area (TPSA) is 40.5 Å². The van der Waals surface area contributed by atoms with E-state index in [2.05, 4.69) is 12.1 Å². The van der Waals surface area contributed by atoms with Gasteiger partial charge in [0.1, 0.15) is 0 Å². The molecular formula is C16H23NO2. The molecule has 1 aliphatic carbocycles. The van der Waals surface area contributed by atoms with Crippen LogP contribution in [0.15, 0.2) is 24.3 Å². The fraction of sp³-hybridized carbons (Fsp3) is 0.562. The van der Waals surface area contributed by atoms with Gasteiger partial charge in [-0.1, -0.05) is 31.4 Å². The van der Waals surface area contributed by atoms with E-state index < -0.39 is 0 Å². The Morgan fingerprint density at radius 2 is 1.84 bits per heavy atom. The molecule has 1 aromatic carbocycles. The standard InChI is InChI=1S/C16H23NO2/c1-17(16(19)11-12-18)15-9-7-14(8-10-15)13-5-3-2-4-6-13/h7-10,13,18H,2-6,11-12H2,1H3. The van der Waals surface area contributed by atoms with E-state index in [1.807, 2.05) is 12.1 Å². The Labute approximate surface area is 115 Å². The summed E-state index contributed by atoms with van der Waals surface area (Å²) < 4.78 is 0. The highest BCUT2D eigenvalue weighted by molar-refractivity contribution is 5.92. The van der Waals surface area contributed by atoms with Crippen LogP contribution < -0.4 is 4.90 Å². The van der Waals surface area contributed by atoms with E-state index in [1.165, 1.54) is 37.7 Å². The van der Waals surface area contributed by atoms with Gasteiger partial charge < -0.3 is 10.0 Å². The predicted molar refractivity (Wildman–Crippen MR) is 77.4 cm³/mol. The van der Waals surface area contributed by atoms with Gasteiger partial charge in [-0.3, -0.25) is 4.79 Å². The predicted octanol–water partition coefficient (Wildman–Crippen LogP) is 3.08. The fourth-order valence-corrected chi connectivity index (χ4v) is 2.81. The highest BCUT2D eigenvalue weighted by Gasteiger charge is 2.16. The van der Waals surface area contributed by atoms with Crippen molar-refractivity contribution in [1.82, 2.24) is 0 Å². The number of amides is 1. The van der Waals surface area contributed by atoms with Crippen LogP contribution in [0.3, 0.4) is 0 Å². The van der Waals surface area contributed by atoms with Crippen molar-refractivity contribution in [2.75, 3.05) is 18.6 Å². The van der Waals surface area contributed by atoms with Crippen molar-refractivity contribution in [3.05, 3.63) is 29.8 Å². The number of carbonyl (C=O) groups is 1. The van der Waals surface area contributed by atoms with Crippen LogP contribution in [0.25, 0.3) is 0 Å².